The van der Waals surface area contributed by atoms with Gasteiger partial charge < -0.3 is 15.2 Å². The molecule has 0 radical (unpaired) electrons. The first-order valence-corrected chi connectivity index (χ1v) is 6.32. The number of ether oxygens (including phenoxy) is 1. The second-order valence-electron chi connectivity index (χ2n) is 4.43. The van der Waals surface area contributed by atoms with Gasteiger partial charge in [-0.1, -0.05) is 17.7 Å². The average Bonchev–Trinajstić information content (AvgIpc) is 2.75. The molecule has 2 unspecified atom stereocenters. The van der Waals surface area contributed by atoms with Gasteiger partial charge in [0.1, 0.15) is 5.56 Å². The van der Waals surface area contributed by atoms with Crippen molar-refractivity contribution in [2.24, 2.45) is 5.92 Å². The van der Waals surface area contributed by atoms with Crippen molar-refractivity contribution in [3.8, 4) is 0 Å². The van der Waals surface area contributed by atoms with E-state index in [9.17, 15) is 9.59 Å². The maximum atomic E-state index is 12.1. The van der Waals surface area contributed by atoms with Crippen LogP contribution in [0.15, 0.2) is 18.2 Å². The summed E-state index contributed by atoms with van der Waals surface area (Å²) in [5.74, 6) is -1.67. The third kappa shape index (κ3) is 2.88. The van der Waals surface area contributed by atoms with E-state index in [0.29, 0.717) is 13.0 Å². The van der Waals surface area contributed by atoms with Gasteiger partial charge in [0.05, 0.1) is 22.7 Å². The van der Waals surface area contributed by atoms with E-state index in [4.69, 9.17) is 21.4 Å². The summed E-state index contributed by atoms with van der Waals surface area (Å²) >= 11 is 5.84. The summed E-state index contributed by atoms with van der Waals surface area (Å²) in [4.78, 5) is 23.2. The van der Waals surface area contributed by atoms with Crippen LogP contribution in [-0.4, -0.2) is 29.7 Å². The number of carboxylic acid groups (broad SMARTS) is 1. The Morgan fingerprint density at radius 3 is 2.79 bits per heavy atom. The summed E-state index contributed by atoms with van der Waals surface area (Å²) in [5.41, 5.74) is 0.119. The van der Waals surface area contributed by atoms with Gasteiger partial charge in [0.25, 0.3) is 0 Å². The van der Waals surface area contributed by atoms with Gasteiger partial charge in [0.15, 0.2) is 0 Å². The summed E-state index contributed by atoms with van der Waals surface area (Å²) < 4.78 is 5.32. The molecule has 0 spiro atoms. The summed E-state index contributed by atoms with van der Waals surface area (Å²) in [7, 11) is 0. The van der Waals surface area contributed by atoms with E-state index in [1.807, 2.05) is 6.92 Å². The number of nitrogens with one attached hydrogen (secondary N) is 1. The number of benzene rings is 1. The second-order valence-corrected chi connectivity index (χ2v) is 4.84. The van der Waals surface area contributed by atoms with Gasteiger partial charge in [-0.25, -0.2) is 4.79 Å². The molecule has 2 rings (SSSR count). The number of amides is 1. The van der Waals surface area contributed by atoms with Crippen molar-refractivity contribution in [2.45, 2.75) is 19.4 Å². The molecule has 1 fully saturated rings. The highest BCUT2D eigenvalue weighted by Crippen LogP contribution is 2.27. The Morgan fingerprint density at radius 1 is 1.47 bits per heavy atom. The fourth-order valence-electron chi connectivity index (χ4n) is 2.15. The molecule has 1 saturated heterocycles. The molecule has 5 nitrogen and oxygen atoms in total. The molecular formula is C13H14ClNO4. The van der Waals surface area contributed by atoms with Gasteiger partial charge in [-0.05, 0) is 25.5 Å². The van der Waals surface area contributed by atoms with Crippen LogP contribution in [0.3, 0.4) is 0 Å². The third-order valence-corrected chi connectivity index (χ3v) is 3.51. The molecule has 1 aromatic rings. The summed E-state index contributed by atoms with van der Waals surface area (Å²) in [6.45, 7) is 2.37. The Morgan fingerprint density at radius 2 is 2.21 bits per heavy atom. The largest absolute Gasteiger partial charge is 0.478 e. The first-order valence-electron chi connectivity index (χ1n) is 5.95. The Bertz CT molecular complexity index is 517. The highest BCUT2D eigenvalue weighted by atomic mass is 35.5. The Balaban J connectivity index is 2.21. The Hall–Kier alpha value is -1.59. The SMILES string of the molecule is CC1OCCC1C(=O)Nc1cccc(Cl)c1C(=O)O. The Labute approximate surface area is 115 Å². The number of carboxylic acids is 1. The Kier molecular flexibility index (Phi) is 4.07. The number of halogens is 1. The van der Waals surface area contributed by atoms with Gasteiger partial charge >= 0.3 is 5.97 Å². The van der Waals surface area contributed by atoms with Gasteiger partial charge in [-0.3, -0.25) is 4.79 Å². The predicted molar refractivity (Wildman–Crippen MR) is 70.6 cm³/mol. The van der Waals surface area contributed by atoms with E-state index in [1.165, 1.54) is 12.1 Å². The molecule has 102 valence electrons. The van der Waals surface area contributed by atoms with Crippen LogP contribution in [0.25, 0.3) is 0 Å². The standard InChI is InChI=1S/C13H14ClNO4/c1-7-8(5-6-19-7)12(16)15-10-4-2-3-9(14)11(10)13(17)18/h2-4,7-8H,5-6H2,1H3,(H,15,16)(H,17,18). The van der Waals surface area contributed by atoms with Crippen molar-refractivity contribution in [1.82, 2.24) is 0 Å². The second kappa shape index (κ2) is 5.59. The van der Waals surface area contributed by atoms with Crippen LogP contribution in [0.1, 0.15) is 23.7 Å². The smallest absolute Gasteiger partial charge is 0.339 e. The van der Waals surface area contributed by atoms with E-state index in [-0.39, 0.29) is 34.2 Å². The first-order chi connectivity index (χ1) is 9.00. The van der Waals surface area contributed by atoms with Crippen molar-refractivity contribution in [2.75, 3.05) is 11.9 Å². The molecule has 0 bridgehead atoms. The highest BCUT2D eigenvalue weighted by molar-refractivity contribution is 6.34. The zero-order chi connectivity index (χ0) is 14.0. The molecule has 6 heteroatoms. The lowest BCUT2D eigenvalue weighted by Crippen LogP contribution is -2.28. The maximum Gasteiger partial charge on any atom is 0.339 e. The van der Waals surface area contributed by atoms with Gasteiger partial charge in [0, 0.05) is 6.61 Å². The number of carbonyl (C=O) groups excluding carboxylic acids is 1. The average molecular weight is 284 g/mol. The predicted octanol–water partition coefficient (Wildman–Crippen LogP) is 2.40. The van der Waals surface area contributed by atoms with E-state index >= 15 is 0 Å². The van der Waals surface area contributed by atoms with E-state index < -0.39 is 5.97 Å². The molecule has 19 heavy (non-hydrogen) atoms. The van der Waals surface area contributed by atoms with E-state index in [0.717, 1.165) is 0 Å². The normalized spacial score (nSPS) is 22.2. The number of hydrogen-bond donors (Lipinski definition) is 2. The van der Waals surface area contributed by atoms with Crippen molar-refractivity contribution in [1.29, 1.82) is 0 Å². The lowest BCUT2D eigenvalue weighted by molar-refractivity contribution is -0.121. The summed E-state index contributed by atoms with van der Waals surface area (Å²) in [6.07, 6.45) is 0.475. The van der Waals surface area contributed by atoms with Crippen molar-refractivity contribution in [3.63, 3.8) is 0 Å². The summed E-state index contributed by atoms with van der Waals surface area (Å²) in [5, 5.41) is 11.8. The quantitative estimate of drug-likeness (QED) is 0.893. The molecule has 2 atom stereocenters. The molecule has 1 aliphatic heterocycles. The molecule has 0 saturated carbocycles. The minimum Gasteiger partial charge on any atom is -0.478 e. The molecule has 1 heterocycles. The monoisotopic (exact) mass is 283 g/mol. The third-order valence-electron chi connectivity index (χ3n) is 3.20. The maximum absolute atomic E-state index is 12.1. The molecule has 1 amide bonds. The summed E-state index contributed by atoms with van der Waals surface area (Å²) in [6, 6.07) is 4.59. The zero-order valence-electron chi connectivity index (χ0n) is 10.4. The van der Waals surface area contributed by atoms with Crippen LogP contribution in [0.5, 0.6) is 0 Å². The van der Waals surface area contributed by atoms with Crippen LogP contribution in [0.2, 0.25) is 5.02 Å². The number of rotatable bonds is 3. The number of hydrogen-bond acceptors (Lipinski definition) is 3. The topological polar surface area (TPSA) is 75.6 Å². The number of aromatic carboxylic acids is 1. The lowest BCUT2D eigenvalue weighted by Gasteiger charge is -2.15. The molecule has 0 aromatic heterocycles. The van der Waals surface area contributed by atoms with Crippen LogP contribution < -0.4 is 5.32 Å². The molecule has 1 aliphatic rings. The molecule has 2 N–H and O–H groups in total. The first kappa shape index (κ1) is 13.8. The fourth-order valence-corrected chi connectivity index (χ4v) is 2.40. The van der Waals surface area contributed by atoms with Crippen LogP contribution in [-0.2, 0) is 9.53 Å². The van der Waals surface area contributed by atoms with Crippen molar-refractivity contribution >= 4 is 29.2 Å². The highest BCUT2D eigenvalue weighted by Gasteiger charge is 2.31. The van der Waals surface area contributed by atoms with E-state index in [2.05, 4.69) is 5.32 Å². The minimum atomic E-state index is -1.17. The minimum absolute atomic E-state index is 0.0934. The van der Waals surface area contributed by atoms with Crippen LogP contribution in [0.4, 0.5) is 5.69 Å². The molecule has 1 aromatic carbocycles. The number of anilines is 1. The van der Waals surface area contributed by atoms with Gasteiger partial charge in [-0.2, -0.15) is 0 Å². The lowest BCUT2D eigenvalue weighted by atomic mass is 10.0. The van der Waals surface area contributed by atoms with Crippen molar-refractivity contribution < 1.29 is 19.4 Å². The van der Waals surface area contributed by atoms with Gasteiger partial charge in [0.2, 0.25) is 5.91 Å². The number of carbonyl (C=O) groups is 2. The zero-order valence-corrected chi connectivity index (χ0v) is 11.1. The van der Waals surface area contributed by atoms with Crippen LogP contribution >= 0.6 is 11.6 Å². The fraction of sp³-hybridized carbons (Fsp3) is 0.385. The van der Waals surface area contributed by atoms with Gasteiger partial charge in [-0.15, -0.1) is 0 Å². The van der Waals surface area contributed by atoms with E-state index in [1.54, 1.807) is 6.07 Å². The van der Waals surface area contributed by atoms with Crippen molar-refractivity contribution in [3.05, 3.63) is 28.8 Å². The molecular weight excluding hydrogens is 270 g/mol. The van der Waals surface area contributed by atoms with Crippen LogP contribution in [0, 0.1) is 5.92 Å². The molecule has 0 aliphatic carbocycles.